The highest BCUT2D eigenvalue weighted by atomic mass is 15.2. The lowest BCUT2D eigenvalue weighted by atomic mass is 10.00. The fraction of sp³-hybridized carbons (Fsp3) is 0.765. The molecular weight excluding hydrogens is 260 g/mol. The smallest absolute Gasteiger partial charge is 0.135 e. The summed E-state index contributed by atoms with van der Waals surface area (Å²) >= 11 is 0. The third-order valence-corrected chi connectivity index (χ3v) is 4.20. The first-order valence-electron chi connectivity index (χ1n) is 8.55. The fourth-order valence-electron chi connectivity index (χ4n) is 2.93. The highest BCUT2D eigenvalue weighted by Gasteiger charge is 2.23. The van der Waals surface area contributed by atoms with Crippen LogP contribution in [-0.2, 0) is 0 Å². The van der Waals surface area contributed by atoms with Gasteiger partial charge in [-0.3, -0.25) is 0 Å². The van der Waals surface area contributed by atoms with Crippen LogP contribution < -0.4 is 10.2 Å². The van der Waals surface area contributed by atoms with Crippen LogP contribution in [0.25, 0.3) is 0 Å². The van der Waals surface area contributed by atoms with Gasteiger partial charge in [0.1, 0.15) is 17.5 Å². The van der Waals surface area contributed by atoms with Gasteiger partial charge >= 0.3 is 0 Å². The zero-order chi connectivity index (χ0) is 15.2. The molecule has 1 saturated heterocycles. The predicted octanol–water partition coefficient (Wildman–Crippen LogP) is 4.19. The van der Waals surface area contributed by atoms with E-state index in [2.05, 4.69) is 49.0 Å². The fourth-order valence-corrected chi connectivity index (χ4v) is 2.93. The molecule has 0 spiro atoms. The maximum Gasteiger partial charge on any atom is 0.135 e. The third-order valence-electron chi connectivity index (χ3n) is 4.20. The van der Waals surface area contributed by atoms with Crippen molar-refractivity contribution >= 4 is 11.6 Å². The Balaban J connectivity index is 2.29. The molecule has 1 atom stereocenters. The molecule has 0 aromatic carbocycles. The number of aromatic nitrogens is 2. The van der Waals surface area contributed by atoms with E-state index in [4.69, 9.17) is 4.98 Å². The second-order valence-electron chi connectivity index (χ2n) is 6.30. The molecule has 1 aliphatic rings. The molecule has 1 N–H and O–H groups in total. The van der Waals surface area contributed by atoms with Crippen molar-refractivity contribution in [3.63, 3.8) is 0 Å². The predicted molar refractivity (Wildman–Crippen MR) is 90.2 cm³/mol. The number of piperidine rings is 1. The van der Waals surface area contributed by atoms with Crippen molar-refractivity contribution < 1.29 is 0 Å². The average Bonchev–Trinajstić information content (AvgIpc) is 2.52. The van der Waals surface area contributed by atoms with E-state index in [1.165, 1.54) is 25.7 Å². The van der Waals surface area contributed by atoms with Crippen LogP contribution >= 0.6 is 0 Å². The van der Waals surface area contributed by atoms with Gasteiger partial charge in [0, 0.05) is 31.1 Å². The lowest BCUT2D eigenvalue weighted by Gasteiger charge is -2.36. The molecule has 4 heteroatoms. The van der Waals surface area contributed by atoms with E-state index in [1.807, 2.05) is 0 Å². The van der Waals surface area contributed by atoms with Crippen molar-refractivity contribution in [2.24, 2.45) is 0 Å². The molecule has 0 saturated carbocycles. The number of nitrogens with zero attached hydrogens (tertiary/aromatic N) is 3. The summed E-state index contributed by atoms with van der Waals surface area (Å²) in [6.45, 7) is 10.9. The standard InChI is InChI=1S/C17H30N4/c1-5-10-18-15-12-16(20-17(19-15)13(3)4)21-11-8-7-9-14(21)6-2/h12-14H,5-11H2,1-4H3,(H,18,19,20). The Bertz CT molecular complexity index is 444. The molecule has 0 amide bonds. The second-order valence-corrected chi connectivity index (χ2v) is 6.30. The summed E-state index contributed by atoms with van der Waals surface area (Å²) < 4.78 is 0. The van der Waals surface area contributed by atoms with Crippen LogP contribution in [0.3, 0.4) is 0 Å². The van der Waals surface area contributed by atoms with E-state index in [-0.39, 0.29) is 0 Å². The van der Waals surface area contributed by atoms with Crippen LogP contribution in [0.4, 0.5) is 11.6 Å². The zero-order valence-electron chi connectivity index (χ0n) is 14.0. The number of hydrogen-bond donors (Lipinski definition) is 1. The zero-order valence-corrected chi connectivity index (χ0v) is 14.0. The quantitative estimate of drug-likeness (QED) is 0.853. The molecule has 1 unspecified atom stereocenters. The van der Waals surface area contributed by atoms with Gasteiger partial charge in [0.25, 0.3) is 0 Å². The first kappa shape index (κ1) is 16.1. The molecule has 2 rings (SSSR count). The molecule has 0 aliphatic carbocycles. The largest absolute Gasteiger partial charge is 0.370 e. The summed E-state index contributed by atoms with van der Waals surface area (Å²) in [5.74, 6) is 3.40. The van der Waals surface area contributed by atoms with Crippen molar-refractivity contribution in [1.29, 1.82) is 0 Å². The Morgan fingerprint density at radius 1 is 1.29 bits per heavy atom. The maximum absolute atomic E-state index is 4.84. The highest BCUT2D eigenvalue weighted by Crippen LogP contribution is 2.27. The van der Waals surface area contributed by atoms with Crippen LogP contribution in [0.1, 0.15) is 71.5 Å². The van der Waals surface area contributed by atoms with E-state index in [0.29, 0.717) is 12.0 Å². The van der Waals surface area contributed by atoms with Crippen LogP contribution in [0.15, 0.2) is 6.07 Å². The first-order valence-corrected chi connectivity index (χ1v) is 8.55. The van der Waals surface area contributed by atoms with Gasteiger partial charge in [-0.05, 0) is 32.1 Å². The summed E-state index contributed by atoms with van der Waals surface area (Å²) in [5.41, 5.74) is 0. The molecular formula is C17H30N4. The van der Waals surface area contributed by atoms with Gasteiger partial charge in [-0.15, -0.1) is 0 Å². The SMILES string of the molecule is CCCNc1cc(N2CCCCC2CC)nc(C(C)C)n1. The molecule has 1 aliphatic heterocycles. The van der Waals surface area contributed by atoms with E-state index in [1.54, 1.807) is 0 Å². The van der Waals surface area contributed by atoms with E-state index in [9.17, 15) is 0 Å². The number of hydrogen-bond acceptors (Lipinski definition) is 4. The topological polar surface area (TPSA) is 41.0 Å². The highest BCUT2D eigenvalue weighted by molar-refractivity contribution is 5.50. The lowest BCUT2D eigenvalue weighted by molar-refractivity contribution is 0.446. The van der Waals surface area contributed by atoms with Gasteiger partial charge < -0.3 is 10.2 Å². The molecule has 0 bridgehead atoms. The molecule has 1 fully saturated rings. The summed E-state index contributed by atoms with van der Waals surface area (Å²) in [4.78, 5) is 12.0. The van der Waals surface area contributed by atoms with E-state index >= 15 is 0 Å². The lowest BCUT2D eigenvalue weighted by Crippen LogP contribution is -2.39. The Morgan fingerprint density at radius 3 is 2.76 bits per heavy atom. The van der Waals surface area contributed by atoms with Crippen molar-refractivity contribution in [2.75, 3.05) is 23.3 Å². The Morgan fingerprint density at radius 2 is 2.10 bits per heavy atom. The van der Waals surface area contributed by atoms with E-state index in [0.717, 1.165) is 37.0 Å². The average molecular weight is 290 g/mol. The third kappa shape index (κ3) is 4.08. The van der Waals surface area contributed by atoms with Gasteiger partial charge in [0.15, 0.2) is 0 Å². The van der Waals surface area contributed by atoms with Gasteiger partial charge in [-0.2, -0.15) is 0 Å². The van der Waals surface area contributed by atoms with Crippen molar-refractivity contribution in [1.82, 2.24) is 9.97 Å². The van der Waals surface area contributed by atoms with Crippen LogP contribution in [-0.4, -0.2) is 29.1 Å². The van der Waals surface area contributed by atoms with Crippen molar-refractivity contribution in [3.8, 4) is 0 Å². The van der Waals surface area contributed by atoms with Gasteiger partial charge in [-0.1, -0.05) is 27.7 Å². The molecule has 1 aromatic rings. The number of rotatable bonds is 6. The molecule has 0 radical (unpaired) electrons. The number of nitrogens with one attached hydrogen (secondary N) is 1. The van der Waals surface area contributed by atoms with Gasteiger partial charge in [0.2, 0.25) is 0 Å². The summed E-state index contributed by atoms with van der Waals surface area (Å²) in [6, 6.07) is 2.77. The molecule has 2 heterocycles. The van der Waals surface area contributed by atoms with Crippen molar-refractivity contribution in [3.05, 3.63) is 11.9 Å². The maximum atomic E-state index is 4.84. The minimum absolute atomic E-state index is 0.358. The summed E-state index contributed by atoms with van der Waals surface area (Å²) in [7, 11) is 0. The van der Waals surface area contributed by atoms with Gasteiger partial charge in [-0.25, -0.2) is 9.97 Å². The molecule has 118 valence electrons. The minimum atomic E-state index is 0.358. The van der Waals surface area contributed by atoms with E-state index < -0.39 is 0 Å². The Kier molecular flexibility index (Phi) is 5.83. The minimum Gasteiger partial charge on any atom is -0.370 e. The van der Waals surface area contributed by atoms with Gasteiger partial charge in [0.05, 0.1) is 0 Å². The van der Waals surface area contributed by atoms with Crippen LogP contribution in [0, 0.1) is 0 Å². The van der Waals surface area contributed by atoms with Crippen LogP contribution in [0.2, 0.25) is 0 Å². The monoisotopic (exact) mass is 290 g/mol. The van der Waals surface area contributed by atoms with Crippen LogP contribution in [0.5, 0.6) is 0 Å². The normalized spacial score (nSPS) is 19.1. The molecule has 4 nitrogen and oxygen atoms in total. The second kappa shape index (κ2) is 7.62. The first-order chi connectivity index (χ1) is 10.2. The number of anilines is 2. The molecule has 1 aromatic heterocycles. The molecule has 21 heavy (non-hydrogen) atoms. The Labute approximate surface area is 129 Å². The van der Waals surface area contributed by atoms with Crippen molar-refractivity contribution in [2.45, 2.75) is 71.8 Å². The Hall–Kier alpha value is -1.32. The summed E-state index contributed by atoms with van der Waals surface area (Å²) in [5, 5.41) is 3.42. The summed E-state index contributed by atoms with van der Waals surface area (Å²) in [6.07, 6.45) is 6.21.